The third-order valence-corrected chi connectivity index (χ3v) is 23.9. The summed E-state index contributed by atoms with van der Waals surface area (Å²) in [5.41, 5.74) is 15.8. The lowest BCUT2D eigenvalue weighted by atomic mass is 9.87. The van der Waals surface area contributed by atoms with Crippen molar-refractivity contribution in [1.82, 2.24) is 0 Å². The summed E-state index contributed by atoms with van der Waals surface area (Å²) in [6.07, 6.45) is 0. The van der Waals surface area contributed by atoms with Gasteiger partial charge >= 0.3 is 0 Å². The first kappa shape index (κ1) is 42.6. The van der Waals surface area contributed by atoms with Crippen molar-refractivity contribution < 1.29 is 0 Å². The number of hydrogen-bond donors (Lipinski definition) is 0. The van der Waals surface area contributed by atoms with E-state index in [1.165, 1.54) is 77.7 Å². The summed E-state index contributed by atoms with van der Waals surface area (Å²) in [6, 6.07) is 64.5. The molecule has 4 heteroatoms. The summed E-state index contributed by atoms with van der Waals surface area (Å²) in [5.74, 6) is 0. The highest BCUT2D eigenvalue weighted by molar-refractivity contribution is 6.99. The average Bonchev–Trinajstić information content (AvgIpc) is 3.54. The first-order chi connectivity index (χ1) is 29.8. The molecule has 8 aromatic rings. The molecule has 0 amide bonds. The van der Waals surface area contributed by atoms with E-state index in [1.807, 2.05) is 0 Å². The minimum absolute atomic E-state index is 0.0677. The molecular formula is C59H64N2Si2. The number of para-hydroxylation sites is 2. The lowest BCUT2D eigenvalue weighted by Gasteiger charge is -2.51. The maximum absolute atomic E-state index is 2.65. The first-order valence-corrected chi connectivity index (χ1v) is 29.9. The Hall–Kier alpha value is -5.69. The predicted molar refractivity (Wildman–Crippen MR) is 281 cm³/mol. The molecule has 0 atom stereocenters. The van der Waals surface area contributed by atoms with Crippen LogP contribution in [0.3, 0.4) is 0 Å². The van der Waals surface area contributed by atoms with Gasteiger partial charge in [-0.15, -0.1) is 0 Å². The van der Waals surface area contributed by atoms with Gasteiger partial charge in [-0.25, -0.2) is 0 Å². The molecule has 0 spiro atoms. The molecule has 0 heterocycles. The Balaban J connectivity index is 1.31. The van der Waals surface area contributed by atoms with Crippen LogP contribution >= 0.6 is 0 Å². The third-order valence-electron chi connectivity index (χ3n) is 13.8. The standard InChI is InChI=1S/C59H64N2Si2/c1-57(2,3)43-28-33-47(34-29-43)60(45-21-15-13-16-22-45)49-32-27-41-38-52-53(39-42(41)37-49)59(62(7,8)9,63(10,11)12)54-40-55(50-25-19-20-26-51(50)56(52)54)61(46-23-17-14-18-24-46)48-35-30-44(31-36-48)58(4,5)6/h13-40H,1-12H3. The second kappa shape index (κ2) is 15.2. The van der Waals surface area contributed by atoms with E-state index in [1.54, 1.807) is 0 Å². The number of anilines is 6. The van der Waals surface area contributed by atoms with Gasteiger partial charge in [-0.1, -0.05) is 178 Å². The SMILES string of the molecule is CC(C)(C)c1ccc(N(c2ccccc2)c2ccc3cc4c(cc3c2)C([Si](C)(C)C)([Si](C)(C)C)c2cc(N(c3ccccc3)c3ccc(C(C)(C)C)cc3)c3ccccc3c2-4)cc1. The van der Waals surface area contributed by atoms with E-state index in [0.29, 0.717) is 0 Å². The van der Waals surface area contributed by atoms with Gasteiger partial charge in [0, 0.05) is 38.5 Å². The van der Waals surface area contributed by atoms with Crippen LogP contribution in [0.15, 0.2) is 170 Å². The van der Waals surface area contributed by atoms with Crippen LogP contribution in [0.5, 0.6) is 0 Å². The fourth-order valence-corrected chi connectivity index (χ4v) is 24.2. The summed E-state index contributed by atoms with van der Waals surface area (Å²) in [4.78, 5) is 4.94. The molecule has 0 radical (unpaired) electrons. The molecule has 0 N–H and O–H groups in total. The molecule has 0 saturated carbocycles. The van der Waals surface area contributed by atoms with Crippen LogP contribution in [0, 0.1) is 0 Å². The second-order valence-electron chi connectivity index (χ2n) is 22.0. The summed E-state index contributed by atoms with van der Waals surface area (Å²) in [6.45, 7) is 29.6. The van der Waals surface area contributed by atoms with Gasteiger partial charge in [0.25, 0.3) is 0 Å². The number of fused-ring (bicyclic) bond motifs is 6. The molecular weight excluding hydrogens is 793 g/mol. The molecule has 0 aromatic heterocycles. The summed E-state index contributed by atoms with van der Waals surface area (Å²) < 4.78 is -0.0754. The van der Waals surface area contributed by atoms with Crippen LogP contribution in [0.1, 0.15) is 63.8 Å². The van der Waals surface area contributed by atoms with E-state index in [2.05, 4.69) is 260 Å². The Kier molecular flexibility index (Phi) is 10.3. The number of hydrogen-bond acceptors (Lipinski definition) is 2. The monoisotopic (exact) mass is 856 g/mol. The molecule has 0 saturated heterocycles. The van der Waals surface area contributed by atoms with Crippen molar-refractivity contribution in [2.24, 2.45) is 0 Å². The number of rotatable bonds is 8. The van der Waals surface area contributed by atoms with Gasteiger partial charge < -0.3 is 9.80 Å². The van der Waals surface area contributed by atoms with Crippen molar-refractivity contribution in [3.05, 3.63) is 192 Å². The quantitative estimate of drug-likeness (QED) is 0.141. The average molecular weight is 857 g/mol. The van der Waals surface area contributed by atoms with Crippen LogP contribution in [0.2, 0.25) is 39.3 Å². The maximum Gasteiger partial charge on any atom is 0.0579 e. The van der Waals surface area contributed by atoms with Gasteiger partial charge in [0.15, 0.2) is 0 Å². The van der Waals surface area contributed by atoms with E-state index in [4.69, 9.17) is 0 Å². The topological polar surface area (TPSA) is 6.48 Å². The van der Waals surface area contributed by atoms with Crippen molar-refractivity contribution in [3.8, 4) is 11.1 Å². The van der Waals surface area contributed by atoms with Crippen LogP contribution in [-0.4, -0.2) is 16.1 Å². The fourth-order valence-electron chi connectivity index (χ4n) is 11.2. The van der Waals surface area contributed by atoms with Gasteiger partial charge in [-0.3, -0.25) is 0 Å². The highest BCUT2D eigenvalue weighted by atomic mass is 28.4. The molecule has 9 rings (SSSR count). The molecule has 0 unspecified atom stereocenters. The van der Waals surface area contributed by atoms with Crippen molar-refractivity contribution in [2.75, 3.05) is 9.80 Å². The van der Waals surface area contributed by atoms with E-state index < -0.39 is 16.1 Å². The van der Waals surface area contributed by atoms with Gasteiger partial charge in [0.2, 0.25) is 0 Å². The largest absolute Gasteiger partial charge is 0.310 e. The highest BCUT2D eigenvalue weighted by Crippen LogP contribution is 2.61. The lowest BCUT2D eigenvalue weighted by Crippen LogP contribution is -2.63. The molecule has 1 aliphatic carbocycles. The Morgan fingerprint density at radius 3 is 1.33 bits per heavy atom. The van der Waals surface area contributed by atoms with E-state index in [9.17, 15) is 0 Å². The molecule has 2 nitrogen and oxygen atoms in total. The minimum Gasteiger partial charge on any atom is -0.310 e. The molecule has 318 valence electrons. The smallest absolute Gasteiger partial charge is 0.0579 e. The zero-order valence-electron chi connectivity index (χ0n) is 39.6. The van der Waals surface area contributed by atoms with Crippen LogP contribution in [-0.2, 0) is 15.5 Å². The van der Waals surface area contributed by atoms with Crippen LogP contribution in [0.25, 0.3) is 32.7 Å². The van der Waals surface area contributed by atoms with Crippen molar-refractivity contribution >= 4 is 71.8 Å². The van der Waals surface area contributed by atoms with Gasteiger partial charge in [-0.05, 0) is 133 Å². The predicted octanol–water partition coefficient (Wildman–Crippen LogP) is 17.5. The van der Waals surface area contributed by atoms with Crippen molar-refractivity contribution in [1.29, 1.82) is 0 Å². The lowest BCUT2D eigenvalue weighted by molar-refractivity contribution is 0.590. The van der Waals surface area contributed by atoms with E-state index in [0.717, 1.165) is 11.4 Å². The number of nitrogens with zero attached hydrogens (tertiary/aromatic N) is 2. The number of benzene rings is 8. The van der Waals surface area contributed by atoms with Gasteiger partial charge in [0.1, 0.15) is 0 Å². The molecule has 8 aromatic carbocycles. The normalized spacial score (nSPS) is 13.8. The Morgan fingerprint density at radius 1 is 0.381 bits per heavy atom. The van der Waals surface area contributed by atoms with Gasteiger partial charge in [-0.2, -0.15) is 0 Å². The summed E-state index contributed by atoms with van der Waals surface area (Å²) >= 11 is 0. The van der Waals surface area contributed by atoms with E-state index >= 15 is 0 Å². The Bertz CT molecular complexity index is 2950. The Labute approximate surface area is 379 Å². The minimum atomic E-state index is -2.06. The molecule has 63 heavy (non-hydrogen) atoms. The van der Waals surface area contributed by atoms with Crippen molar-refractivity contribution in [2.45, 2.75) is 96.3 Å². The highest BCUT2D eigenvalue weighted by Gasteiger charge is 2.59. The molecule has 0 bridgehead atoms. The maximum atomic E-state index is 2.65. The summed E-state index contributed by atoms with van der Waals surface area (Å²) in [5, 5.41) is 5.18. The van der Waals surface area contributed by atoms with Crippen LogP contribution < -0.4 is 9.80 Å². The fraction of sp³-hybridized carbons (Fsp3) is 0.254. The zero-order valence-corrected chi connectivity index (χ0v) is 41.6. The van der Waals surface area contributed by atoms with E-state index in [-0.39, 0.29) is 15.5 Å². The van der Waals surface area contributed by atoms with Crippen LogP contribution in [0.4, 0.5) is 34.1 Å². The van der Waals surface area contributed by atoms with Crippen molar-refractivity contribution in [3.63, 3.8) is 0 Å². The Morgan fingerprint density at radius 2 is 0.825 bits per heavy atom. The molecule has 0 aliphatic heterocycles. The first-order valence-electron chi connectivity index (χ1n) is 22.9. The molecule has 1 aliphatic rings. The second-order valence-corrected chi connectivity index (χ2v) is 33.0. The van der Waals surface area contributed by atoms with Gasteiger partial charge in [0.05, 0.1) is 21.8 Å². The third kappa shape index (κ3) is 7.16. The summed E-state index contributed by atoms with van der Waals surface area (Å²) in [7, 11) is -4.12. The zero-order chi connectivity index (χ0) is 44.7. The molecule has 0 fully saturated rings.